The van der Waals surface area contributed by atoms with Crippen LogP contribution in [-0.4, -0.2) is 16.1 Å². The second kappa shape index (κ2) is 5.73. The van der Waals surface area contributed by atoms with E-state index in [1.165, 1.54) is 16.2 Å². The van der Waals surface area contributed by atoms with Crippen molar-refractivity contribution in [1.29, 1.82) is 0 Å². The second-order valence-electron chi connectivity index (χ2n) is 6.31. The lowest BCUT2D eigenvalue weighted by Gasteiger charge is -2.29. The van der Waals surface area contributed by atoms with Gasteiger partial charge in [-0.2, -0.15) is 0 Å². The van der Waals surface area contributed by atoms with E-state index in [1.54, 1.807) is 11.3 Å². The van der Waals surface area contributed by atoms with Gasteiger partial charge in [-0.1, -0.05) is 13.8 Å². The van der Waals surface area contributed by atoms with Crippen molar-refractivity contribution in [3.8, 4) is 9.88 Å². The van der Waals surface area contributed by atoms with Crippen LogP contribution in [0.2, 0.25) is 0 Å². The number of nitrogens with zero attached hydrogens (tertiary/aromatic N) is 1. The molecule has 0 spiro atoms. The Morgan fingerprint density at radius 3 is 3.00 bits per heavy atom. The maximum Gasteiger partial charge on any atom is 0.337 e. The van der Waals surface area contributed by atoms with Crippen LogP contribution in [-0.2, 0) is 24.3 Å². The Bertz CT molecular complexity index is 718. The largest absolute Gasteiger partial charge is 0.478 e. The fraction of sp³-hybridized carbons (Fsp3) is 0.467. The first-order chi connectivity index (χ1) is 10.4. The van der Waals surface area contributed by atoms with E-state index in [-0.39, 0.29) is 12.0 Å². The van der Waals surface area contributed by atoms with Gasteiger partial charge in [0, 0.05) is 10.3 Å². The molecule has 7 heteroatoms. The molecule has 2 aromatic rings. The van der Waals surface area contributed by atoms with Crippen LogP contribution in [0.25, 0.3) is 9.88 Å². The summed E-state index contributed by atoms with van der Waals surface area (Å²) in [6.07, 6.45) is 2.84. The van der Waals surface area contributed by atoms with Crippen molar-refractivity contribution in [1.82, 2.24) is 4.98 Å². The predicted octanol–water partition coefficient (Wildman–Crippen LogP) is 3.48. The summed E-state index contributed by atoms with van der Waals surface area (Å²) in [6, 6.07) is 0. The van der Waals surface area contributed by atoms with E-state index in [2.05, 4.69) is 23.7 Å². The molecule has 0 atom stereocenters. The summed E-state index contributed by atoms with van der Waals surface area (Å²) in [5, 5.41) is 12.3. The summed E-state index contributed by atoms with van der Waals surface area (Å²) >= 11 is 3.01. The van der Waals surface area contributed by atoms with E-state index in [9.17, 15) is 9.90 Å². The normalized spacial score (nSPS) is 16.5. The Morgan fingerprint density at radius 2 is 2.32 bits per heavy atom. The van der Waals surface area contributed by atoms with Crippen LogP contribution in [0.5, 0.6) is 0 Å². The Morgan fingerprint density at radius 1 is 1.55 bits per heavy atom. The molecule has 0 aromatic carbocycles. The van der Waals surface area contributed by atoms with Gasteiger partial charge in [0.2, 0.25) is 0 Å². The molecule has 2 aromatic heterocycles. The molecule has 5 nitrogen and oxygen atoms in total. The monoisotopic (exact) mass is 338 g/mol. The average molecular weight is 338 g/mol. The number of carboxylic acids is 1. The Labute approximate surface area is 136 Å². The molecule has 2 heterocycles. The molecule has 0 radical (unpaired) electrons. The molecule has 0 bridgehead atoms. The second-order valence-corrected chi connectivity index (χ2v) is 8.27. The van der Waals surface area contributed by atoms with E-state index >= 15 is 0 Å². The standard InChI is InChI=1S/C15H18N2O3S2/c1-15(2)4-3-10-9(5-15)11(14(18)19)12(22-10)13-17-8(6-20-16)7-21-13/h7H,3-6,16H2,1-2H3,(H,18,19). The molecule has 22 heavy (non-hydrogen) atoms. The van der Waals surface area contributed by atoms with Gasteiger partial charge in [0.1, 0.15) is 11.6 Å². The number of hydrogen-bond acceptors (Lipinski definition) is 6. The number of hydrogen-bond donors (Lipinski definition) is 2. The first-order valence-electron chi connectivity index (χ1n) is 7.05. The zero-order chi connectivity index (χ0) is 15.9. The highest BCUT2D eigenvalue weighted by atomic mass is 32.1. The summed E-state index contributed by atoms with van der Waals surface area (Å²) < 4.78 is 0. The number of fused-ring (bicyclic) bond motifs is 1. The molecule has 0 aliphatic heterocycles. The van der Waals surface area contributed by atoms with Crippen molar-refractivity contribution >= 4 is 28.6 Å². The smallest absolute Gasteiger partial charge is 0.337 e. The van der Waals surface area contributed by atoms with Crippen LogP contribution in [0, 0.1) is 5.41 Å². The third kappa shape index (κ3) is 2.81. The lowest BCUT2D eigenvalue weighted by Crippen LogP contribution is -2.22. The van der Waals surface area contributed by atoms with Crippen molar-refractivity contribution in [2.75, 3.05) is 0 Å². The topological polar surface area (TPSA) is 85.4 Å². The van der Waals surface area contributed by atoms with Crippen LogP contribution in [0.4, 0.5) is 0 Å². The quantitative estimate of drug-likeness (QED) is 0.834. The van der Waals surface area contributed by atoms with Gasteiger partial charge in [-0.15, -0.1) is 22.7 Å². The molecule has 0 amide bonds. The van der Waals surface area contributed by atoms with Gasteiger partial charge in [0.25, 0.3) is 0 Å². The van der Waals surface area contributed by atoms with Gasteiger partial charge in [0.15, 0.2) is 0 Å². The summed E-state index contributed by atoms with van der Waals surface area (Å²) in [4.78, 5) is 22.8. The zero-order valence-corrected chi connectivity index (χ0v) is 14.1. The van der Waals surface area contributed by atoms with Gasteiger partial charge in [-0.05, 0) is 30.2 Å². The average Bonchev–Trinajstić information content (AvgIpc) is 3.01. The van der Waals surface area contributed by atoms with Crippen LogP contribution in [0.15, 0.2) is 5.38 Å². The molecule has 0 fully saturated rings. The van der Waals surface area contributed by atoms with Crippen LogP contribution < -0.4 is 5.90 Å². The molecule has 0 unspecified atom stereocenters. The molecule has 3 N–H and O–H groups in total. The van der Waals surface area contributed by atoms with Gasteiger partial charge in [0.05, 0.1) is 16.1 Å². The van der Waals surface area contributed by atoms with Crippen molar-refractivity contribution < 1.29 is 14.7 Å². The van der Waals surface area contributed by atoms with E-state index < -0.39 is 5.97 Å². The number of aryl methyl sites for hydroxylation is 1. The summed E-state index contributed by atoms with van der Waals surface area (Å²) in [5.74, 6) is 4.21. The van der Waals surface area contributed by atoms with Gasteiger partial charge >= 0.3 is 5.97 Å². The maximum absolute atomic E-state index is 11.8. The van der Waals surface area contributed by atoms with Crippen LogP contribution in [0.1, 0.15) is 46.8 Å². The minimum Gasteiger partial charge on any atom is -0.478 e. The van der Waals surface area contributed by atoms with Gasteiger partial charge in [-0.25, -0.2) is 15.7 Å². The SMILES string of the molecule is CC1(C)CCc2sc(-c3nc(CON)cs3)c(C(=O)O)c2C1. The molecule has 0 saturated carbocycles. The first kappa shape index (κ1) is 15.6. The fourth-order valence-electron chi connectivity index (χ4n) is 2.86. The van der Waals surface area contributed by atoms with Crippen LogP contribution >= 0.6 is 22.7 Å². The molecule has 0 saturated heterocycles. The Kier molecular flexibility index (Phi) is 4.07. The van der Waals surface area contributed by atoms with Gasteiger partial charge < -0.3 is 5.11 Å². The minimum absolute atomic E-state index is 0.150. The summed E-state index contributed by atoms with van der Waals surface area (Å²) in [5.41, 5.74) is 2.31. The Balaban J connectivity index is 2.08. The number of rotatable bonds is 4. The molecule has 3 rings (SSSR count). The zero-order valence-electron chi connectivity index (χ0n) is 12.5. The minimum atomic E-state index is -0.864. The highest BCUT2D eigenvalue weighted by Crippen LogP contribution is 2.45. The number of nitrogens with two attached hydrogens (primary N) is 1. The molecule has 1 aliphatic carbocycles. The van der Waals surface area contributed by atoms with E-state index in [0.717, 1.165) is 40.4 Å². The van der Waals surface area contributed by atoms with Crippen molar-refractivity contribution in [3.05, 3.63) is 27.1 Å². The molecule has 1 aliphatic rings. The third-order valence-corrected chi connectivity index (χ3v) is 6.30. The summed E-state index contributed by atoms with van der Waals surface area (Å²) in [6.45, 7) is 4.62. The van der Waals surface area contributed by atoms with Crippen molar-refractivity contribution in [2.45, 2.75) is 39.7 Å². The highest BCUT2D eigenvalue weighted by Gasteiger charge is 2.33. The van der Waals surface area contributed by atoms with Crippen LogP contribution in [0.3, 0.4) is 0 Å². The van der Waals surface area contributed by atoms with E-state index in [0.29, 0.717) is 5.56 Å². The lowest BCUT2D eigenvalue weighted by atomic mass is 9.76. The number of carbonyl (C=O) groups is 1. The number of aromatic nitrogens is 1. The third-order valence-electron chi connectivity index (χ3n) is 3.97. The number of thiophene rings is 1. The van der Waals surface area contributed by atoms with Crippen molar-refractivity contribution in [3.63, 3.8) is 0 Å². The number of thiazole rings is 1. The number of carboxylic acid groups (broad SMARTS) is 1. The van der Waals surface area contributed by atoms with E-state index in [4.69, 9.17) is 5.90 Å². The molecule has 118 valence electrons. The number of aromatic carboxylic acids is 1. The van der Waals surface area contributed by atoms with Crippen molar-refractivity contribution in [2.24, 2.45) is 11.3 Å². The van der Waals surface area contributed by atoms with E-state index in [1.807, 2.05) is 5.38 Å². The fourth-order valence-corrected chi connectivity index (χ4v) is 5.07. The van der Waals surface area contributed by atoms with Gasteiger partial charge in [-0.3, -0.25) is 4.84 Å². The highest BCUT2D eigenvalue weighted by molar-refractivity contribution is 7.21. The lowest BCUT2D eigenvalue weighted by molar-refractivity contribution is 0.0696. The first-order valence-corrected chi connectivity index (χ1v) is 8.75. The molecular weight excluding hydrogens is 320 g/mol. The maximum atomic E-state index is 11.8. The summed E-state index contributed by atoms with van der Waals surface area (Å²) in [7, 11) is 0. The molecular formula is C15H18N2O3S2. The predicted molar refractivity (Wildman–Crippen MR) is 87.2 cm³/mol. The Hall–Kier alpha value is -1.28.